The Kier molecular flexibility index (Phi) is 25.0. The molecule has 176 valence electrons. The van der Waals surface area contributed by atoms with Gasteiger partial charge in [0.1, 0.15) is 5.54 Å². The molecular weight excluding hydrogens is 360 g/mol. The Labute approximate surface area is 182 Å². The molecule has 0 rings (SSSR count). The van der Waals surface area contributed by atoms with Gasteiger partial charge in [0.25, 0.3) is 0 Å². The maximum atomic E-state index is 10.9. The average Bonchev–Trinajstić information content (AvgIpc) is 2.69. The van der Waals surface area contributed by atoms with Crippen molar-refractivity contribution in [2.24, 2.45) is 11.5 Å². The van der Waals surface area contributed by atoms with Crippen LogP contribution in [-0.2, 0) is 9.53 Å². The van der Waals surface area contributed by atoms with Crippen molar-refractivity contribution in [2.75, 3.05) is 13.2 Å². The van der Waals surface area contributed by atoms with Gasteiger partial charge >= 0.3 is 5.97 Å². The molecule has 0 fully saturated rings. The fourth-order valence-corrected chi connectivity index (χ4v) is 3.07. The molecule has 0 bridgehead atoms. The van der Waals surface area contributed by atoms with Crippen LogP contribution in [0.3, 0.4) is 0 Å². The minimum absolute atomic E-state index is 0.339. The van der Waals surface area contributed by atoms with Crippen LogP contribution in [0.25, 0.3) is 0 Å². The van der Waals surface area contributed by atoms with E-state index >= 15 is 0 Å². The van der Waals surface area contributed by atoms with Gasteiger partial charge in [0.2, 0.25) is 0 Å². The molecule has 4 heteroatoms. The molecule has 0 aromatic rings. The summed E-state index contributed by atoms with van der Waals surface area (Å²) in [5, 5.41) is 0. The number of unbranched alkanes of at least 4 members (excludes halogenated alkanes) is 15. The van der Waals surface area contributed by atoms with Crippen molar-refractivity contribution >= 4 is 5.97 Å². The number of ether oxygens (including phenoxy) is 1. The van der Waals surface area contributed by atoms with Gasteiger partial charge in [0, 0.05) is 0 Å². The molecule has 0 saturated carbocycles. The smallest absolute Gasteiger partial charge is 0.325 e. The first-order valence-corrected chi connectivity index (χ1v) is 12.6. The third-order valence-electron chi connectivity index (χ3n) is 5.02. The molecule has 0 heterocycles. The molecule has 0 amide bonds. The van der Waals surface area contributed by atoms with E-state index in [2.05, 4.69) is 6.92 Å². The maximum absolute atomic E-state index is 10.9. The zero-order valence-electron chi connectivity index (χ0n) is 20.4. The molecule has 0 atom stereocenters. The summed E-state index contributed by atoms with van der Waals surface area (Å²) in [7, 11) is 0. The topological polar surface area (TPSA) is 78.3 Å². The standard InChI is InChI=1S/C18H39N.C7H15NO2/c1-2-3-4-5-6-7-8-9-10-11-12-13-14-15-16-17-18-19;1-4-5-10-6(9)7(2,3)8/h2-19H2,1H3;4-5,8H2,1-3H3. The van der Waals surface area contributed by atoms with Gasteiger partial charge in [-0.2, -0.15) is 0 Å². The second kappa shape index (κ2) is 23.7. The maximum Gasteiger partial charge on any atom is 0.325 e. The largest absolute Gasteiger partial charge is 0.464 e. The van der Waals surface area contributed by atoms with Crippen LogP contribution in [-0.4, -0.2) is 24.7 Å². The third kappa shape index (κ3) is 27.4. The molecule has 0 aliphatic carbocycles. The van der Waals surface area contributed by atoms with Crippen LogP contribution >= 0.6 is 0 Å². The van der Waals surface area contributed by atoms with Gasteiger partial charge in [-0.1, -0.05) is 110 Å². The molecule has 29 heavy (non-hydrogen) atoms. The summed E-state index contributed by atoms with van der Waals surface area (Å²) in [4.78, 5) is 10.9. The number of hydrogen-bond acceptors (Lipinski definition) is 4. The molecule has 0 aromatic carbocycles. The Morgan fingerprint density at radius 1 is 0.655 bits per heavy atom. The van der Waals surface area contributed by atoms with Crippen LogP contribution < -0.4 is 11.5 Å². The SMILES string of the molecule is CCCCCCCCCCCCCCCCCCN.CCCOC(=O)C(C)(C)N. The van der Waals surface area contributed by atoms with Gasteiger partial charge in [-0.15, -0.1) is 0 Å². The number of esters is 1. The van der Waals surface area contributed by atoms with Crippen molar-refractivity contribution < 1.29 is 9.53 Å². The minimum Gasteiger partial charge on any atom is -0.464 e. The summed E-state index contributed by atoms with van der Waals surface area (Å²) in [6, 6.07) is 0. The predicted molar refractivity (Wildman–Crippen MR) is 128 cm³/mol. The van der Waals surface area contributed by atoms with Crippen molar-refractivity contribution in [3.63, 3.8) is 0 Å². The van der Waals surface area contributed by atoms with Crippen molar-refractivity contribution in [1.29, 1.82) is 0 Å². The van der Waals surface area contributed by atoms with Gasteiger partial charge in [0.15, 0.2) is 0 Å². The summed E-state index contributed by atoms with van der Waals surface area (Å²) in [5.74, 6) is -0.339. The van der Waals surface area contributed by atoms with Gasteiger partial charge < -0.3 is 16.2 Å². The van der Waals surface area contributed by atoms with E-state index in [0.717, 1.165) is 13.0 Å². The molecule has 0 aliphatic heterocycles. The number of nitrogens with two attached hydrogens (primary N) is 2. The van der Waals surface area contributed by atoms with E-state index in [4.69, 9.17) is 16.2 Å². The third-order valence-corrected chi connectivity index (χ3v) is 5.02. The normalized spacial score (nSPS) is 11.1. The summed E-state index contributed by atoms with van der Waals surface area (Å²) in [5.41, 5.74) is 10.1. The summed E-state index contributed by atoms with van der Waals surface area (Å²) >= 11 is 0. The Bertz CT molecular complexity index is 311. The van der Waals surface area contributed by atoms with Crippen LogP contribution in [0.1, 0.15) is 137 Å². The first-order chi connectivity index (χ1) is 13.9. The number of rotatable bonds is 19. The quantitative estimate of drug-likeness (QED) is 0.178. The highest BCUT2D eigenvalue weighted by atomic mass is 16.5. The lowest BCUT2D eigenvalue weighted by Gasteiger charge is -2.15. The van der Waals surface area contributed by atoms with E-state index in [1.165, 1.54) is 103 Å². The van der Waals surface area contributed by atoms with Crippen LogP contribution in [0.5, 0.6) is 0 Å². The molecule has 0 spiro atoms. The molecule has 0 radical (unpaired) electrons. The molecular formula is C25H54N2O2. The Morgan fingerprint density at radius 3 is 1.28 bits per heavy atom. The lowest BCUT2D eigenvalue weighted by atomic mass is 10.0. The molecule has 0 saturated heterocycles. The van der Waals surface area contributed by atoms with Crippen LogP contribution in [0.2, 0.25) is 0 Å². The number of carbonyl (C=O) groups is 1. The number of hydrogen-bond donors (Lipinski definition) is 2. The van der Waals surface area contributed by atoms with Crippen molar-refractivity contribution in [2.45, 2.75) is 142 Å². The minimum atomic E-state index is -0.852. The zero-order chi connectivity index (χ0) is 22.2. The van der Waals surface area contributed by atoms with E-state index in [-0.39, 0.29) is 5.97 Å². The number of carbonyl (C=O) groups excluding carboxylic acids is 1. The van der Waals surface area contributed by atoms with Crippen LogP contribution in [0.4, 0.5) is 0 Å². The van der Waals surface area contributed by atoms with E-state index in [1.54, 1.807) is 13.8 Å². The van der Waals surface area contributed by atoms with Crippen molar-refractivity contribution in [3.05, 3.63) is 0 Å². The van der Waals surface area contributed by atoms with Crippen molar-refractivity contribution in [1.82, 2.24) is 0 Å². The molecule has 0 aromatic heterocycles. The fourth-order valence-electron chi connectivity index (χ4n) is 3.07. The molecule has 4 N–H and O–H groups in total. The van der Waals surface area contributed by atoms with E-state index < -0.39 is 5.54 Å². The summed E-state index contributed by atoms with van der Waals surface area (Å²) in [6.07, 6.45) is 23.7. The van der Waals surface area contributed by atoms with Gasteiger partial charge in [-0.05, 0) is 33.2 Å². The Balaban J connectivity index is 0. The second-order valence-corrected chi connectivity index (χ2v) is 8.95. The van der Waals surface area contributed by atoms with E-state index in [9.17, 15) is 4.79 Å². The van der Waals surface area contributed by atoms with Gasteiger partial charge in [-0.25, -0.2) is 0 Å². The summed E-state index contributed by atoms with van der Waals surface area (Å²) in [6.45, 7) is 8.82. The lowest BCUT2D eigenvalue weighted by molar-refractivity contribution is -0.148. The molecule has 0 aliphatic rings. The van der Waals surface area contributed by atoms with E-state index in [1.807, 2.05) is 6.92 Å². The fraction of sp³-hybridized carbons (Fsp3) is 0.960. The van der Waals surface area contributed by atoms with Crippen molar-refractivity contribution in [3.8, 4) is 0 Å². The molecule has 4 nitrogen and oxygen atoms in total. The monoisotopic (exact) mass is 414 g/mol. The van der Waals surface area contributed by atoms with Crippen LogP contribution in [0.15, 0.2) is 0 Å². The second-order valence-electron chi connectivity index (χ2n) is 8.95. The van der Waals surface area contributed by atoms with Crippen LogP contribution in [0, 0.1) is 0 Å². The molecule has 0 unspecified atom stereocenters. The zero-order valence-corrected chi connectivity index (χ0v) is 20.4. The summed E-state index contributed by atoms with van der Waals surface area (Å²) < 4.78 is 4.79. The van der Waals surface area contributed by atoms with E-state index in [0.29, 0.717) is 6.61 Å². The first kappa shape index (κ1) is 30.6. The highest BCUT2D eigenvalue weighted by Crippen LogP contribution is 2.13. The average molecular weight is 415 g/mol. The first-order valence-electron chi connectivity index (χ1n) is 12.6. The predicted octanol–water partition coefficient (Wildman–Crippen LogP) is 6.88. The lowest BCUT2D eigenvalue weighted by Crippen LogP contribution is -2.42. The highest BCUT2D eigenvalue weighted by molar-refractivity contribution is 5.79. The highest BCUT2D eigenvalue weighted by Gasteiger charge is 2.22. The Morgan fingerprint density at radius 2 is 1.00 bits per heavy atom. The van der Waals surface area contributed by atoms with Gasteiger partial charge in [0.05, 0.1) is 6.61 Å². The van der Waals surface area contributed by atoms with Gasteiger partial charge in [-0.3, -0.25) is 4.79 Å². The Hall–Kier alpha value is -0.610.